The number of rotatable bonds is 0. The average Bonchev–Trinajstić information content (AvgIpc) is 2.55. The molecule has 4 aliphatic carbocycles. The van der Waals surface area contributed by atoms with Gasteiger partial charge < -0.3 is 0 Å². The first-order valence-electron chi connectivity index (χ1n) is 6.75. The molecule has 6 unspecified atom stereocenters. The fourth-order valence-electron chi connectivity index (χ4n) is 7.20. The Bertz CT molecular complexity index is 303. The van der Waals surface area contributed by atoms with Gasteiger partial charge in [-0.1, -0.05) is 48.5 Å². The van der Waals surface area contributed by atoms with Crippen molar-refractivity contribution in [2.75, 3.05) is 0 Å². The number of hydrogen-bond acceptors (Lipinski definition) is 0. The molecular formula is C15H26. The molecule has 0 radical (unpaired) electrons. The summed E-state index contributed by atoms with van der Waals surface area (Å²) in [7, 11) is 0. The van der Waals surface area contributed by atoms with E-state index in [1.54, 1.807) is 0 Å². The van der Waals surface area contributed by atoms with E-state index in [4.69, 9.17) is 0 Å². The summed E-state index contributed by atoms with van der Waals surface area (Å²) in [5.74, 6) is 4.70. The van der Waals surface area contributed by atoms with E-state index in [2.05, 4.69) is 48.5 Å². The fraction of sp³-hybridized carbons (Fsp3) is 1.00. The van der Waals surface area contributed by atoms with Gasteiger partial charge in [-0.2, -0.15) is 0 Å². The van der Waals surface area contributed by atoms with Gasteiger partial charge in [0.2, 0.25) is 0 Å². The summed E-state index contributed by atoms with van der Waals surface area (Å²) >= 11 is 0. The molecule has 15 heavy (non-hydrogen) atoms. The van der Waals surface area contributed by atoms with Crippen LogP contribution in [0.4, 0.5) is 0 Å². The molecule has 0 spiro atoms. The topological polar surface area (TPSA) is 0 Å². The third kappa shape index (κ3) is 0.579. The Kier molecular flexibility index (Phi) is 1.47. The Balaban J connectivity index is 2.30. The van der Waals surface area contributed by atoms with Gasteiger partial charge in [0.25, 0.3) is 0 Å². The van der Waals surface area contributed by atoms with Crippen molar-refractivity contribution in [1.29, 1.82) is 0 Å². The Hall–Kier alpha value is 0. The van der Waals surface area contributed by atoms with Crippen molar-refractivity contribution in [3.8, 4) is 0 Å². The van der Waals surface area contributed by atoms with Gasteiger partial charge in [-0.05, 0) is 45.8 Å². The van der Waals surface area contributed by atoms with Crippen molar-refractivity contribution < 1.29 is 0 Å². The molecule has 6 atom stereocenters. The SMILES string of the molecule is CC1C2C(C)C3(C)C(C)C2(C)C(C)C13C. The lowest BCUT2D eigenvalue weighted by Crippen LogP contribution is -2.39. The molecule has 0 heterocycles. The minimum absolute atomic E-state index is 0.602. The van der Waals surface area contributed by atoms with Gasteiger partial charge >= 0.3 is 0 Å². The van der Waals surface area contributed by atoms with Crippen LogP contribution in [-0.4, -0.2) is 0 Å². The van der Waals surface area contributed by atoms with Crippen LogP contribution in [-0.2, 0) is 0 Å². The van der Waals surface area contributed by atoms with E-state index < -0.39 is 0 Å². The highest BCUT2D eigenvalue weighted by atomic mass is 14.9. The van der Waals surface area contributed by atoms with E-state index in [1.165, 1.54) is 0 Å². The monoisotopic (exact) mass is 206 g/mol. The van der Waals surface area contributed by atoms with Crippen molar-refractivity contribution in [3.63, 3.8) is 0 Å². The Morgan fingerprint density at radius 3 is 1.20 bits per heavy atom. The van der Waals surface area contributed by atoms with E-state index in [-0.39, 0.29) is 0 Å². The molecular weight excluding hydrogens is 180 g/mol. The van der Waals surface area contributed by atoms with Crippen LogP contribution in [0.25, 0.3) is 0 Å². The second-order valence-electron chi connectivity index (χ2n) is 7.48. The quantitative estimate of drug-likeness (QED) is 0.557. The summed E-state index contributed by atoms with van der Waals surface area (Å²) in [6.07, 6.45) is 0. The van der Waals surface area contributed by atoms with Crippen molar-refractivity contribution in [2.45, 2.75) is 48.5 Å². The van der Waals surface area contributed by atoms with E-state index in [0.29, 0.717) is 16.2 Å². The first kappa shape index (κ1) is 10.2. The first-order chi connectivity index (χ1) is 6.75. The molecule has 0 N–H and O–H groups in total. The molecule has 0 aromatic heterocycles. The maximum atomic E-state index is 2.59. The van der Waals surface area contributed by atoms with Crippen LogP contribution in [0.3, 0.4) is 0 Å². The second-order valence-corrected chi connectivity index (χ2v) is 7.48. The highest BCUT2D eigenvalue weighted by Crippen LogP contribution is 2.89. The predicted octanol–water partition coefficient (Wildman–Crippen LogP) is 4.21. The predicted molar refractivity (Wildman–Crippen MR) is 64.5 cm³/mol. The molecule has 0 aromatic rings. The largest absolute Gasteiger partial charge is 0.0617 e. The standard InChI is InChI=1S/C15H26/c1-8-12-9(2)15(7)11(4)13(12,5)10(3)14(8,15)6/h8-12H,1-7H3. The van der Waals surface area contributed by atoms with Crippen LogP contribution in [0.1, 0.15) is 48.5 Å². The van der Waals surface area contributed by atoms with Gasteiger partial charge in [-0.15, -0.1) is 0 Å². The van der Waals surface area contributed by atoms with Gasteiger partial charge in [0.1, 0.15) is 0 Å². The van der Waals surface area contributed by atoms with Gasteiger partial charge in [-0.25, -0.2) is 0 Å². The zero-order valence-electron chi connectivity index (χ0n) is 11.4. The summed E-state index contributed by atoms with van der Waals surface area (Å²) in [5.41, 5.74) is 1.83. The molecule has 0 amide bonds. The van der Waals surface area contributed by atoms with Crippen molar-refractivity contribution in [1.82, 2.24) is 0 Å². The van der Waals surface area contributed by atoms with E-state index in [1.807, 2.05) is 0 Å². The van der Waals surface area contributed by atoms with Crippen molar-refractivity contribution >= 4 is 0 Å². The molecule has 0 aliphatic heterocycles. The maximum absolute atomic E-state index is 2.59. The number of hydrogen-bond donors (Lipinski definition) is 0. The Morgan fingerprint density at radius 2 is 1.00 bits per heavy atom. The molecule has 0 nitrogen and oxygen atoms in total. The van der Waals surface area contributed by atoms with Crippen LogP contribution in [0.5, 0.6) is 0 Å². The van der Waals surface area contributed by atoms with Crippen molar-refractivity contribution in [2.24, 2.45) is 45.8 Å². The van der Waals surface area contributed by atoms with E-state index in [9.17, 15) is 0 Å². The van der Waals surface area contributed by atoms with Gasteiger partial charge in [0, 0.05) is 0 Å². The molecule has 86 valence electrons. The van der Waals surface area contributed by atoms with Crippen LogP contribution in [0.15, 0.2) is 0 Å². The molecule has 4 fully saturated rings. The normalized spacial score (nSPS) is 75.8. The summed E-state index contributed by atoms with van der Waals surface area (Å²) in [5, 5.41) is 0. The lowest BCUT2D eigenvalue weighted by Gasteiger charge is -2.44. The van der Waals surface area contributed by atoms with Crippen molar-refractivity contribution in [3.05, 3.63) is 0 Å². The second kappa shape index (κ2) is 2.17. The third-order valence-corrected chi connectivity index (χ3v) is 8.51. The summed E-state index contributed by atoms with van der Waals surface area (Å²) in [6, 6.07) is 0. The Labute approximate surface area is 94.8 Å². The van der Waals surface area contributed by atoms with Crippen LogP contribution in [0.2, 0.25) is 0 Å². The zero-order chi connectivity index (χ0) is 11.4. The van der Waals surface area contributed by atoms with Crippen LogP contribution in [0, 0.1) is 45.8 Å². The summed E-state index contributed by atoms with van der Waals surface area (Å²) in [6.45, 7) is 17.9. The maximum Gasteiger partial charge on any atom is -0.0207 e. The molecule has 4 aliphatic rings. The molecule has 0 aromatic carbocycles. The fourth-order valence-corrected chi connectivity index (χ4v) is 7.20. The van der Waals surface area contributed by atoms with E-state index >= 15 is 0 Å². The smallest absolute Gasteiger partial charge is 0.0207 e. The third-order valence-electron chi connectivity index (χ3n) is 8.51. The minimum Gasteiger partial charge on any atom is -0.0617 e. The average molecular weight is 206 g/mol. The Morgan fingerprint density at radius 1 is 0.667 bits per heavy atom. The summed E-state index contributed by atoms with van der Waals surface area (Å²) < 4.78 is 0. The van der Waals surface area contributed by atoms with E-state index in [0.717, 1.165) is 29.6 Å². The van der Waals surface area contributed by atoms with Crippen LogP contribution < -0.4 is 0 Å². The lowest BCUT2D eigenvalue weighted by atomic mass is 9.60. The highest BCUT2D eigenvalue weighted by Gasteiger charge is 2.84. The van der Waals surface area contributed by atoms with Crippen LogP contribution >= 0.6 is 0 Å². The first-order valence-corrected chi connectivity index (χ1v) is 6.75. The molecule has 0 heteroatoms. The minimum atomic E-state index is 0.602. The molecule has 4 bridgehead atoms. The van der Waals surface area contributed by atoms with Gasteiger partial charge in [0.05, 0.1) is 0 Å². The lowest BCUT2D eigenvalue weighted by molar-refractivity contribution is 0.0302. The highest BCUT2D eigenvalue weighted by molar-refractivity contribution is 5.31. The van der Waals surface area contributed by atoms with Gasteiger partial charge in [-0.3, -0.25) is 0 Å². The molecule has 4 rings (SSSR count). The molecule has 4 saturated carbocycles. The molecule has 0 saturated heterocycles. The van der Waals surface area contributed by atoms with Gasteiger partial charge in [0.15, 0.2) is 0 Å². The summed E-state index contributed by atoms with van der Waals surface area (Å²) in [4.78, 5) is 0. The zero-order valence-corrected chi connectivity index (χ0v) is 11.4.